The highest BCUT2D eigenvalue weighted by molar-refractivity contribution is 5.86. The van der Waals surface area contributed by atoms with E-state index >= 15 is 0 Å². The number of nitrogens with one attached hydrogen (secondary N) is 2. The zero-order valence-electron chi connectivity index (χ0n) is 13.8. The lowest BCUT2D eigenvalue weighted by atomic mass is 9.89. The Hall–Kier alpha value is -1.46. The highest BCUT2D eigenvalue weighted by Gasteiger charge is 2.52. The Morgan fingerprint density at radius 2 is 0.955 bits per heavy atom. The van der Waals surface area contributed by atoms with Gasteiger partial charge in [-0.2, -0.15) is 0 Å². The fourth-order valence-electron chi connectivity index (χ4n) is 5.13. The molecule has 0 bridgehead atoms. The van der Waals surface area contributed by atoms with Gasteiger partial charge < -0.3 is 9.80 Å². The Bertz CT molecular complexity index is 447. The number of rotatable bonds is 1. The van der Waals surface area contributed by atoms with E-state index in [2.05, 4.69) is 33.9 Å². The Labute approximate surface area is 133 Å². The van der Waals surface area contributed by atoms with Crippen molar-refractivity contribution >= 4 is 11.9 Å². The summed E-state index contributed by atoms with van der Waals surface area (Å²) >= 11 is 0. The normalized spacial score (nSPS) is 38.6. The zero-order valence-corrected chi connectivity index (χ0v) is 13.8. The molecule has 0 unspecified atom stereocenters. The van der Waals surface area contributed by atoms with E-state index in [1.165, 1.54) is 38.5 Å². The molecule has 0 amide bonds. The monoisotopic (exact) mass is 304 g/mol. The SMILES string of the molecule is CN1C(=N)N(N2C(=N)N(C)[C@H]3CCCC[C@@H]32)[C@H]2CCCC[C@H]21. The lowest BCUT2D eigenvalue weighted by Gasteiger charge is -2.41. The third-order valence-corrected chi connectivity index (χ3v) is 6.35. The summed E-state index contributed by atoms with van der Waals surface area (Å²) in [5.41, 5.74) is 0. The summed E-state index contributed by atoms with van der Waals surface area (Å²) < 4.78 is 0. The summed E-state index contributed by atoms with van der Waals surface area (Å²) in [4.78, 5) is 4.29. The number of hydrazine groups is 1. The molecule has 0 spiro atoms. The Morgan fingerprint density at radius 3 is 1.32 bits per heavy atom. The minimum absolute atomic E-state index is 0.390. The molecule has 2 N–H and O–H groups in total. The molecule has 4 atom stereocenters. The highest BCUT2D eigenvalue weighted by atomic mass is 15.8. The molecule has 0 aromatic heterocycles. The lowest BCUT2D eigenvalue weighted by Crippen LogP contribution is -2.55. The molecule has 4 rings (SSSR count). The van der Waals surface area contributed by atoms with Crippen molar-refractivity contribution in [3.63, 3.8) is 0 Å². The summed E-state index contributed by atoms with van der Waals surface area (Å²) in [5, 5.41) is 21.6. The summed E-state index contributed by atoms with van der Waals surface area (Å²) in [5.74, 6) is 1.20. The first-order chi connectivity index (χ1) is 10.6. The molecule has 2 saturated carbocycles. The van der Waals surface area contributed by atoms with E-state index in [1.807, 2.05) is 0 Å². The van der Waals surface area contributed by atoms with Crippen molar-refractivity contribution in [1.29, 1.82) is 10.8 Å². The molecule has 6 heteroatoms. The largest absolute Gasteiger partial charge is 0.340 e. The van der Waals surface area contributed by atoms with E-state index in [9.17, 15) is 0 Å². The van der Waals surface area contributed by atoms with Crippen LogP contribution in [0.3, 0.4) is 0 Å². The molecule has 6 nitrogen and oxygen atoms in total. The quantitative estimate of drug-likeness (QED) is 0.776. The summed E-state index contributed by atoms with van der Waals surface area (Å²) in [6.07, 6.45) is 9.74. The first-order valence-corrected chi connectivity index (χ1v) is 8.82. The second-order valence-corrected chi connectivity index (χ2v) is 7.40. The average Bonchev–Trinajstić information content (AvgIpc) is 2.94. The minimum atomic E-state index is 0.390. The fraction of sp³-hybridized carbons (Fsp3) is 0.875. The van der Waals surface area contributed by atoms with E-state index in [0.29, 0.717) is 36.1 Å². The molecule has 2 aliphatic heterocycles. The van der Waals surface area contributed by atoms with E-state index in [4.69, 9.17) is 10.8 Å². The molecule has 2 saturated heterocycles. The maximum absolute atomic E-state index is 8.63. The van der Waals surface area contributed by atoms with Crippen LogP contribution in [-0.4, -0.2) is 70.0 Å². The smallest absolute Gasteiger partial charge is 0.213 e. The van der Waals surface area contributed by atoms with Crippen LogP contribution in [0.2, 0.25) is 0 Å². The number of hydrogen-bond donors (Lipinski definition) is 2. The molecule has 22 heavy (non-hydrogen) atoms. The van der Waals surface area contributed by atoms with E-state index in [0.717, 1.165) is 12.8 Å². The molecule has 4 fully saturated rings. The van der Waals surface area contributed by atoms with Gasteiger partial charge in [0.2, 0.25) is 11.9 Å². The van der Waals surface area contributed by atoms with Crippen LogP contribution < -0.4 is 0 Å². The van der Waals surface area contributed by atoms with Crippen molar-refractivity contribution in [2.24, 2.45) is 0 Å². The van der Waals surface area contributed by atoms with Crippen LogP contribution in [0.4, 0.5) is 0 Å². The van der Waals surface area contributed by atoms with Crippen molar-refractivity contribution in [3.8, 4) is 0 Å². The van der Waals surface area contributed by atoms with E-state index < -0.39 is 0 Å². The second kappa shape index (κ2) is 5.03. The predicted octanol–water partition coefficient (Wildman–Crippen LogP) is 1.89. The van der Waals surface area contributed by atoms with Gasteiger partial charge in [0.15, 0.2) is 0 Å². The number of fused-ring (bicyclic) bond motifs is 2. The maximum Gasteiger partial charge on any atom is 0.213 e. The number of likely N-dealkylation sites (N-methyl/N-ethyl adjacent to an activating group) is 2. The number of guanidine groups is 2. The number of hydrogen-bond acceptors (Lipinski definition) is 2. The molecule has 0 aromatic carbocycles. The van der Waals surface area contributed by atoms with Gasteiger partial charge in [-0.15, -0.1) is 0 Å². The van der Waals surface area contributed by atoms with Gasteiger partial charge in [0.25, 0.3) is 0 Å². The lowest BCUT2D eigenvalue weighted by molar-refractivity contribution is 0.0293. The van der Waals surface area contributed by atoms with Crippen LogP contribution in [-0.2, 0) is 0 Å². The molecule has 4 aliphatic rings. The molecule has 2 heterocycles. The standard InChI is InChI=1S/C16H28N6/c1-19-11-7-3-5-9-13(11)21(15(19)17)22-14-10-6-4-8-12(14)20(2)16(22)18/h11-14,17-18H,3-10H2,1-2H3/t11-,12+,13-,14-/m0/s1. The molecule has 0 radical (unpaired) electrons. The minimum Gasteiger partial charge on any atom is -0.340 e. The van der Waals surface area contributed by atoms with Crippen LogP contribution in [0.15, 0.2) is 0 Å². The van der Waals surface area contributed by atoms with Crippen molar-refractivity contribution < 1.29 is 0 Å². The van der Waals surface area contributed by atoms with Gasteiger partial charge in [0.1, 0.15) is 0 Å². The van der Waals surface area contributed by atoms with Crippen LogP contribution >= 0.6 is 0 Å². The van der Waals surface area contributed by atoms with Crippen molar-refractivity contribution in [2.45, 2.75) is 75.5 Å². The summed E-state index contributed by atoms with van der Waals surface area (Å²) in [6, 6.07) is 1.70. The van der Waals surface area contributed by atoms with Gasteiger partial charge in [-0.25, -0.2) is 10.0 Å². The molecule has 122 valence electrons. The van der Waals surface area contributed by atoms with Crippen LogP contribution in [0.25, 0.3) is 0 Å². The summed E-state index contributed by atoms with van der Waals surface area (Å²) in [6.45, 7) is 0. The van der Waals surface area contributed by atoms with Crippen LogP contribution in [0.1, 0.15) is 51.4 Å². The van der Waals surface area contributed by atoms with Crippen molar-refractivity contribution in [2.75, 3.05) is 14.1 Å². The second-order valence-electron chi connectivity index (χ2n) is 7.40. The maximum atomic E-state index is 8.63. The van der Waals surface area contributed by atoms with Gasteiger partial charge >= 0.3 is 0 Å². The average molecular weight is 304 g/mol. The Morgan fingerprint density at radius 1 is 0.636 bits per heavy atom. The first-order valence-electron chi connectivity index (χ1n) is 8.82. The molecular weight excluding hydrogens is 276 g/mol. The van der Waals surface area contributed by atoms with Crippen LogP contribution in [0.5, 0.6) is 0 Å². The molecule has 2 aliphatic carbocycles. The molecule has 0 aromatic rings. The van der Waals surface area contributed by atoms with Gasteiger partial charge in [0.05, 0.1) is 24.2 Å². The zero-order chi connectivity index (χ0) is 15.4. The van der Waals surface area contributed by atoms with Gasteiger partial charge in [-0.1, -0.05) is 25.7 Å². The van der Waals surface area contributed by atoms with E-state index in [1.54, 1.807) is 0 Å². The topological polar surface area (TPSA) is 60.7 Å². The molecular formula is C16H28N6. The highest BCUT2D eigenvalue weighted by Crippen LogP contribution is 2.40. The predicted molar refractivity (Wildman–Crippen MR) is 86.7 cm³/mol. The van der Waals surface area contributed by atoms with E-state index in [-0.39, 0.29) is 0 Å². The Balaban J connectivity index is 1.67. The van der Waals surface area contributed by atoms with Gasteiger partial charge in [-0.3, -0.25) is 10.8 Å². The third-order valence-electron chi connectivity index (χ3n) is 6.35. The fourth-order valence-corrected chi connectivity index (χ4v) is 5.13. The van der Waals surface area contributed by atoms with Crippen LogP contribution in [0, 0.1) is 10.8 Å². The summed E-state index contributed by atoms with van der Waals surface area (Å²) in [7, 11) is 4.13. The van der Waals surface area contributed by atoms with Crippen molar-refractivity contribution in [3.05, 3.63) is 0 Å². The van der Waals surface area contributed by atoms with Gasteiger partial charge in [0, 0.05) is 14.1 Å². The Kier molecular flexibility index (Phi) is 3.24. The van der Waals surface area contributed by atoms with Crippen molar-refractivity contribution in [1.82, 2.24) is 19.8 Å². The third kappa shape index (κ3) is 1.78. The van der Waals surface area contributed by atoms with Gasteiger partial charge in [-0.05, 0) is 25.7 Å². The number of nitrogens with zero attached hydrogens (tertiary/aromatic N) is 4. The first kappa shape index (κ1) is 14.2.